The zero-order valence-electron chi connectivity index (χ0n) is 15.8. The summed E-state index contributed by atoms with van der Waals surface area (Å²) in [5, 5.41) is 7.47. The number of amides is 2. The minimum absolute atomic E-state index is 0.000702. The molecule has 0 atom stereocenters. The van der Waals surface area contributed by atoms with Crippen molar-refractivity contribution in [2.45, 2.75) is 26.3 Å². The lowest BCUT2D eigenvalue weighted by atomic mass is 10.0. The number of nitrogens with one attached hydrogen (secondary N) is 1. The first kappa shape index (κ1) is 19.0. The van der Waals surface area contributed by atoms with Gasteiger partial charge in [0.1, 0.15) is 12.3 Å². The molecule has 3 rings (SSSR count). The van der Waals surface area contributed by atoms with Crippen molar-refractivity contribution in [2.24, 2.45) is 7.05 Å². The Morgan fingerprint density at radius 1 is 1.33 bits per heavy atom. The highest BCUT2D eigenvalue weighted by Gasteiger charge is 2.26. The van der Waals surface area contributed by atoms with Gasteiger partial charge in [0.25, 0.3) is 5.91 Å². The van der Waals surface area contributed by atoms with E-state index in [1.165, 1.54) is 0 Å². The number of ether oxygens (including phenoxy) is 1. The van der Waals surface area contributed by atoms with E-state index >= 15 is 0 Å². The number of rotatable bonds is 7. The van der Waals surface area contributed by atoms with Gasteiger partial charge in [-0.15, -0.1) is 0 Å². The fourth-order valence-corrected chi connectivity index (χ4v) is 3.25. The van der Waals surface area contributed by atoms with Crippen molar-refractivity contribution in [2.75, 3.05) is 26.3 Å². The van der Waals surface area contributed by atoms with E-state index in [1.54, 1.807) is 24.4 Å². The van der Waals surface area contributed by atoms with Gasteiger partial charge >= 0.3 is 0 Å². The van der Waals surface area contributed by atoms with Crippen molar-refractivity contribution >= 4 is 11.8 Å². The molecule has 8 nitrogen and oxygen atoms in total. The predicted molar refractivity (Wildman–Crippen MR) is 99.1 cm³/mol. The lowest BCUT2D eigenvalue weighted by molar-refractivity contribution is -0.136. The normalized spacial score (nSPS) is 13.3. The smallest absolute Gasteiger partial charge is 0.269 e. The van der Waals surface area contributed by atoms with Crippen LogP contribution in [0.15, 0.2) is 24.4 Å². The van der Waals surface area contributed by atoms with Gasteiger partial charge in [0.2, 0.25) is 5.91 Å². The maximum absolute atomic E-state index is 12.3. The van der Waals surface area contributed by atoms with Crippen LogP contribution in [-0.2, 0) is 36.0 Å². The van der Waals surface area contributed by atoms with E-state index in [9.17, 15) is 9.59 Å². The predicted octanol–water partition coefficient (Wildman–Crippen LogP) is 0.709. The number of aryl methyl sites for hydroxylation is 1. The van der Waals surface area contributed by atoms with Crippen molar-refractivity contribution in [1.29, 1.82) is 0 Å². The Kier molecular flexibility index (Phi) is 6.18. The summed E-state index contributed by atoms with van der Waals surface area (Å²) < 4.78 is 7.12. The number of carbonyl (C=O) groups is 2. The molecule has 0 aliphatic carbocycles. The summed E-state index contributed by atoms with van der Waals surface area (Å²) in [6.45, 7) is 4.19. The third kappa shape index (κ3) is 4.51. The monoisotopic (exact) mass is 371 g/mol. The van der Waals surface area contributed by atoms with E-state index < -0.39 is 0 Å². The summed E-state index contributed by atoms with van der Waals surface area (Å²) in [5.41, 5.74) is 3.55. The van der Waals surface area contributed by atoms with Crippen molar-refractivity contribution in [1.82, 2.24) is 25.0 Å². The molecule has 0 saturated carbocycles. The number of pyridine rings is 1. The first-order valence-electron chi connectivity index (χ1n) is 9.18. The molecule has 3 heterocycles. The molecule has 0 fully saturated rings. The summed E-state index contributed by atoms with van der Waals surface area (Å²) in [6.07, 6.45) is 2.98. The summed E-state index contributed by atoms with van der Waals surface area (Å²) in [5.74, 6) is -0.199. The maximum Gasteiger partial charge on any atom is 0.269 e. The van der Waals surface area contributed by atoms with Crippen LogP contribution in [0.1, 0.15) is 34.4 Å². The molecule has 2 aromatic rings. The van der Waals surface area contributed by atoms with Crippen molar-refractivity contribution in [3.63, 3.8) is 0 Å². The Morgan fingerprint density at radius 3 is 2.93 bits per heavy atom. The molecule has 1 aliphatic heterocycles. The van der Waals surface area contributed by atoms with Crippen LogP contribution in [0.3, 0.4) is 0 Å². The van der Waals surface area contributed by atoms with E-state index in [0.29, 0.717) is 38.4 Å². The number of fused-ring (bicyclic) bond motifs is 1. The highest BCUT2D eigenvalue weighted by atomic mass is 16.5. The highest BCUT2D eigenvalue weighted by molar-refractivity contribution is 5.92. The van der Waals surface area contributed by atoms with Gasteiger partial charge in [-0.1, -0.05) is 6.07 Å². The standard InChI is InChI=1S/C19H25N5O3/c1-3-27-13-18(25)24-11-8-17-14(12-24)15(22-23(17)2)7-10-21-19(26)16-6-4-5-9-20-16/h4-6,9H,3,7-8,10-13H2,1-2H3,(H,21,26). The molecule has 0 saturated heterocycles. The molecule has 0 aromatic carbocycles. The number of carbonyl (C=O) groups excluding carboxylic acids is 2. The summed E-state index contributed by atoms with van der Waals surface area (Å²) >= 11 is 0. The second-order valence-corrected chi connectivity index (χ2v) is 6.42. The van der Waals surface area contributed by atoms with Crippen LogP contribution in [0, 0.1) is 0 Å². The third-order valence-corrected chi connectivity index (χ3v) is 4.65. The molecule has 0 unspecified atom stereocenters. The Hall–Kier alpha value is -2.74. The van der Waals surface area contributed by atoms with Gasteiger partial charge in [0.05, 0.1) is 5.69 Å². The number of hydrogen-bond donors (Lipinski definition) is 1. The van der Waals surface area contributed by atoms with Gasteiger partial charge in [-0.3, -0.25) is 19.3 Å². The van der Waals surface area contributed by atoms with E-state index in [2.05, 4.69) is 15.4 Å². The zero-order valence-corrected chi connectivity index (χ0v) is 15.8. The van der Waals surface area contributed by atoms with Gasteiger partial charge in [-0.2, -0.15) is 5.10 Å². The lowest BCUT2D eigenvalue weighted by Gasteiger charge is -2.27. The molecule has 0 spiro atoms. The van der Waals surface area contributed by atoms with Crippen LogP contribution in [-0.4, -0.2) is 57.8 Å². The Morgan fingerprint density at radius 2 is 2.19 bits per heavy atom. The molecule has 8 heteroatoms. The largest absolute Gasteiger partial charge is 0.372 e. The molecule has 1 aliphatic rings. The van der Waals surface area contributed by atoms with Crippen LogP contribution in [0.5, 0.6) is 0 Å². The first-order valence-corrected chi connectivity index (χ1v) is 9.18. The Bertz CT molecular complexity index is 803. The zero-order chi connectivity index (χ0) is 19.2. The summed E-state index contributed by atoms with van der Waals surface area (Å²) in [4.78, 5) is 30.2. The van der Waals surface area contributed by atoms with Gasteiger partial charge < -0.3 is 15.0 Å². The molecule has 1 N–H and O–H groups in total. The lowest BCUT2D eigenvalue weighted by Crippen LogP contribution is -2.38. The minimum atomic E-state index is -0.200. The van der Waals surface area contributed by atoms with Crippen molar-refractivity contribution in [3.8, 4) is 0 Å². The number of nitrogens with zero attached hydrogens (tertiary/aromatic N) is 4. The first-order chi connectivity index (χ1) is 13.1. The number of hydrogen-bond acceptors (Lipinski definition) is 5. The summed E-state index contributed by atoms with van der Waals surface area (Å²) in [7, 11) is 1.92. The Balaban J connectivity index is 1.61. The average Bonchev–Trinajstić information content (AvgIpc) is 3.01. The molecule has 27 heavy (non-hydrogen) atoms. The molecule has 2 aromatic heterocycles. The Labute approximate surface area is 158 Å². The fraction of sp³-hybridized carbons (Fsp3) is 0.474. The molecule has 0 bridgehead atoms. The molecular weight excluding hydrogens is 346 g/mol. The quantitative estimate of drug-likeness (QED) is 0.774. The average molecular weight is 371 g/mol. The van der Waals surface area contributed by atoms with Crippen LogP contribution < -0.4 is 5.32 Å². The highest BCUT2D eigenvalue weighted by Crippen LogP contribution is 2.22. The van der Waals surface area contributed by atoms with E-state index in [1.807, 2.05) is 23.6 Å². The van der Waals surface area contributed by atoms with Crippen LogP contribution >= 0.6 is 0 Å². The van der Waals surface area contributed by atoms with Gasteiger partial charge in [-0.05, 0) is 19.1 Å². The minimum Gasteiger partial charge on any atom is -0.372 e. The number of aromatic nitrogens is 3. The SMILES string of the molecule is CCOCC(=O)N1CCc2c(c(CCNC(=O)c3ccccn3)nn2C)C1. The van der Waals surface area contributed by atoms with Crippen LogP contribution in [0.4, 0.5) is 0 Å². The van der Waals surface area contributed by atoms with E-state index in [-0.39, 0.29) is 18.4 Å². The van der Waals surface area contributed by atoms with Gasteiger partial charge in [-0.25, -0.2) is 0 Å². The van der Waals surface area contributed by atoms with Crippen molar-refractivity contribution < 1.29 is 14.3 Å². The van der Waals surface area contributed by atoms with E-state index in [0.717, 1.165) is 23.4 Å². The molecule has 144 valence electrons. The van der Waals surface area contributed by atoms with Crippen molar-refractivity contribution in [3.05, 3.63) is 47.0 Å². The van der Waals surface area contributed by atoms with Crippen LogP contribution in [0.2, 0.25) is 0 Å². The fourth-order valence-electron chi connectivity index (χ4n) is 3.25. The molecular formula is C19H25N5O3. The molecule has 0 radical (unpaired) electrons. The molecule has 2 amide bonds. The van der Waals surface area contributed by atoms with Crippen LogP contribution in [0.25, 0.3) is 0 Å². The van der Waals surface area contributed by atoms with Gasteiger partial charge in [0, 0.05) is 63.6 Å². The third-order valence-electron chi connectivity index (χ3n) is 4.65. The maximum atomic E-state index is 12.3. The second-order valence-electron chi connectivity index (χ2n) is 6.42. The van der Waals surface area contributed by atoms with Gasteiger partial charge in [0.15, 0.2) is 0 Å². The van der Waals surface area contributed by atoms with E-state index in [4.69, 9.17) is 4.74 Å². The topological polar surface area (TPSA) is 89.3 Å². The second kappa shape index (κ2) is 8.77. The summed E-state index contributed by atoms with van der Waals surface area (Å²) in [6, 6.07) is 5.24.